The van der Waals surface area contributed by atoms with Gasteiger partial charge in [0.1, 0.15) is 18.2 Å². The van der Waals surface area contributed by atoms with Gasteiger partial charge in [-0.25, -0.2) is 4.79 Å². The maximum Gasteiger partial charge on any atom is 0.348 e. The van der Waals surface area contributed by atoms with Crippen molar-refractivity contribution in [1.82, 2.24) is 9.55 Å². The van der Waals surface area contributed by atoms with Crippen LogP contribution in [0.2, 0.25) is 0 Å². The third-order valence-corrected chi connectivity index (χ3v) is 6.17. The number of hydrogen-bond donors (Lipinski definition) is 2. The molecule has 160 valence electrons. The summed E-state index contributed by atoms with van der Waals surface area (Å²) >= 11 is 1.30. The number of benzene rings is 1. The number of ether oxygens (including phenoxy) is 2. The minimum atomic E-state index is -0.307. The molecule has 30 heavy (non-hydrogen) atoms. The van der Waals surface area contributed by atoms with Gasteiger partial charge in [0.2, 0.25) is 5.91 Å². The zero-order chi connectivity index (χ0) is 20.9. The van der Waals surface area contributed by atoms with Gasteiger partial charge in [0, 0.05) is 36.2 Å². The van der Waals surface area contributed by atoms with E-state index in [1.54, 1.807) is 22.8 Å². The minimum absolute atomic E-state index is 0.0394. The van der Waals surface area contributed by atoms with Gasteiger partial charge in [0.05, 0.1) is 5.75 Å². The first-order valence-electron chi connectivity index (χ1n) is 10.2. The monoisotopic (exact) mass is 431 g/mol. The Morgan fingerprint density at radius 1 is 1.20 bits per heavy atom. The van der Waals surface area contributed by atoms with E-state index in [1.165, 1.54) is 11.8 Å². The largest absolute Gasteiger partial charge is 0.486 e. The summed E-state index contributed by atoms with van der Waals surface area (Å²) in [7, 11) is 0. The summed E-state index contributed by atoms with van der Waals surface area (Å²) in [5, 5.41) is 12.6. The lowest BCUT2D eigenvalue weighted by molar-refractivity contribution is -0.113. The number of amides is 1. The summed E-state index contributed by atoms with van der Waals surface area (Å²) in [5.74, 6) is 1.28. The standard InChI is InChI=1S/C21H25N3O5S/c25-9-3-8-24-16-5-2-1-4-15(16)20(23-21(24)27)30-13-19(26)22-14-6-7-17-18(12-14)29-11-10-28-17/h6-7,12,25H,1-5,8-11,13H2,(H,22,26). The lowest BCUT2D eigenvalue weighted by Gasteiger charge is -2.22. The zero-order valence-corrected chi connectivity index (χ0v) is 17.5. The maximum atomic E-state index is 12.5. The number of fused-ring (bicyclic) bond motifs is 2. The number of carbonyl (C=O) groups excluding carboxylic acids is 1. The number of nitrogens with one attached hydrogen (secondary N) is 1. The van der Waals surface area contributed by atoms with E-state index in [0.29, 0.717) is 48.4 Å². The van der Waals surface area contributed by atoms with Crippen LogP contribution < -0.4 is 20.5 Å². The smallest absolute Gasteiger partial charge is 0.348 e. The van der Waals surface area contributed by atoms with Crippen molar-refractivity contribution in [2.45, 2.75) is 43.7 Å². The first-order valence-corrected chi connectivity index (χ1v) is 11.2. The van der Waals surface area contributed by atoms with Crippen LogP contribution in [-0.2, 0) is 24.2 Å². The molecule has 8 nitrogen and oxygen atoms in total. The molecule has 1 aliphatic heterocycles. The predicted molar refractivity (Wildman–Crippen MR) is 114 cm³/mol. The number of aliphatic hydroxyl groups is 1. The van der Waals surface area contributed by atoms with Crippen LogP contribution in [0.3, 0.4) is 0 Å². The quantitative estimate of drug-likeness (QED) is 0.511. The molecule has 0 saturated heterocycles. The summed E-state index contributed by atoms with van der Waals surface area (Å²) in [6.07, 6.45) is 4.29. The number of aliphatic hydroxyl groups excluding tert-OH is 1. The third-order valence-electron chi connectivity index (χ3n) is 5.16. The third kappa shape index (κ3) is 4.62. The van der Waals surface area contributed by atoms with E-state index in [9.17, 15) is 9.59 Å². The fraction of sp³-hybridized carbons (Fsp3) is 0.476. The lowest BCUT2D eigenvalue weighted by atomic mass is 9.97. The van der Waals surface area contributed by atoms with Crippen molar-refractivity contribution in [1.29, 1.82) is 0 Å². The van der Waals surface area contributed by atoms with Crippen LogP contribution in [0, 0.1) is 0 Å². The number of aromatic nitrogens is 2. The van der Waals surface area contributed by atoms with Gasteiger partial charge in [-0.15, -0.1) is 0 Å². The predicted octanol–water partition coefficient (Wildman–Crippen LogP) is 2.01. The van der Waals surface area contributed by atoms with E-state index in [4.69, 9.17) is 14.6 Å². The Balaban J connectivity index is 1.45. The van der Waals surface area contributed by atoms with Gasteiger partial charge in [-0.3, -0.25) is 9.36 Å². The van der Waals surface area contributed by atoms with Gasteiger partial charge >= 0.3 is 5.69 Å². The fourth-order valence-corrected chi connectivity index (χ4v) is 4.66. The second kappa shape index (κ2) is 9.53. The van der Waals surface area contributed by atoms with Crippen molar-refractivity contribution in [2.75, 3.05) is 30.9 Å². The number of anilines is 1. The van der Waals surface area contributed by atoms with Gasteiger partial charge in [0.15, 0.2) is 11.5 Å². The molecule has 9 heteroatoms. The molecule has 0 saturated carbocycles. The van der Waals surface area contributed by atoms with Crippen molar-refractivity contribution in [2.24, 2.45) is 0 Å². The van der Waals surface area contributed by atoms with Crippen LogP contribution in [0.15, 0.2) is 28.0 Å². The topological polar surface area (TPSA) is 103 Å². The normalized spacial score (nSPS) is 14.8. The Hall–Kier alpha value is -2.52. The summed E-state index contributed by atoms with van der Waals surface area (Å²) in [5.41, 5.74) is 2.40. The van der Waals surface area contributed by atoms with Crippen molar-refractivity contribution in [3.05, 3.63) is 39.9 Å². The Morgan fingerprint density at radius 2 is 2.00 bits per heavy atom. The molecule has 0 bridgehead atoms. The van der Waals surface area contributed by atoms with E-state index in [-0.39, 0.29) is 24.0 Å². The van der Waals surface area contributed by atoms with Crippen LogP contribution in [0.25, 0.3) is 0 Å². The highest BCUT2D eigenvalue weighted by molar-refractivity contribution is 8.00. The zero-order valence-electron chi connectivity index (χ0n) is 16.7. The van der Waals surface area contributed by atoms with E-state index in [0.717, 1.165) is 36.9 Å². The lowest BCUT2D eigenvalue weighted by Crippen LogP contribution is -2.30. The summed E-state index contributed by atoms with van der Waals surface area (Å²) < 4.78 is 12.7. The fourth-order valence-electron chi connectivity index (χ4n) is 3.78. The highest BCUT2D eigenvalue weighted by Gasteiger charge is 2.21. The molecule has 0 radical (unpaired) electrons. The van der Waals surface area contributed by atoms with E-state index in [1.807, 2.05) is 0 Å². The molecule has 4 rings (SSSR count). The van der Waals surface area contributed by atoms with Gasteiger partial charge in [0.25, 0.3) is 0 Å². The van der Waals surface area contributed by atoms with E-state index < -0.39 is 0 Å². The Kier molecular flexibility index (Phi) is 6.59. The number of hydrogen-bond acceptors (Lipinski definition) is 7. The van der Waals surface area contributed by atoms with E-state index >= 15 is 0 Å². The molecule has 2 heterocycles. The number of carbonyl (C=O) groups is 1. The molecular formula is C21H25N3O5S. The second-order valence-corrected chi connectivity index (χ2v) is 8.22. The SMILES string of the molecule is O=C(CSc1nc(=O)n(CCCO)c2c1CCCC2)Nc1ccc2c(c1)OCCO2. The van der Waals surface area contributed by atoms with Gasteiger partial charge in [-0.05, 0) is 44.2 Å². The molecule has 1 amide bonds. The summed E-state index contributed by atoms with van der Waals surface area (Å²) in [4.78, 5) is 29.2. The van der Waals surface area contributed by atoms with Gasteiger partial charge in [-0.1, -0.05) is 11.8 Å². The molecule has 2 aliphatic rings. The molecule has 1 aromatic carbocycles. The van der Waals surface area contributed by atoms with Crippen LogP contribution in [0.4, 0.5) is 5.69 Å². The molecule has 2 aromatic rings. The molecule has 0 unspecified atom stereocenters. The highest BCUT2D eigenvalue weighted by atomic mass is 32.2. The molecule has 2 N–H and O–H groups in total. The average molecular weight is 432 g/mol. The molecule has 1 aromatic heterocycles. The maximum absolute atomic E-state index is 12.5. The first-order chi connectivity index (χ1) is 14.7. The molecule has 0 fully saturated rings. The van der Waals surface area contributed by atoms with Gasteiger partial charge in [-0.2, -0.15) is 4.98 Å². The van der Waals surface area contributed by atoms with Crippen LogP contribution >= 0.6 is 11.8 Å². The van der Waals surface area contributed by atoms with Crippen molar-refractivity contribution < 1.29 is 19.4 Å². The number of rotatable bonds is 7. The molecular weight excluding hydrogens is 406 g/mol. The number of thioether (sulfide) groups is 1. The van der Waals surface area contributed by atoms with Crippen molar-refractivity contribution in [3.8, 4) is 11.5 Å². The highest BCUT2D eigenvalue weighted by Crippen LogP contribution is 2.33. The Bertz CT molecular complexity index is 991. The minimum Gasteiger partial charge on any atom is -0.486 e. The average Bonchev–Trinajstić information content (AvgIpc) is 2.77. The Morgan fingerprint density at radius 3 is 2.83 bits per heavy atom. The molecule has 0 spiro atoms. The van der Waals surface area contributed by atoms with Crippen LogP contribution in [-0.4, -0.2) is 46.1 Å². The van der Waals surface area contributed by atoms with Crippen molar-refractivity contribution >= 4 is 23.4 Å². The second-order valence-electron chi connectivity index (χ2n) is 7.26. The molecule has 0 atom stereocenters. The molecule has 1 aliphatic carbocycles. The summed E-state index contributed by atoms with van der Waals surface area (Å²) in [6.45, 7) is 1.52. The van der Waals surface area contributed by atoms with Crippen LogP contribution in [0.5, 0.6) is 11.5 Å². The Labute approximate surface area is 178 Å². The first kappa shape index (κ1) is 20.7. The van der Waals surface area contributed by atoms with E-state index in [2.05, 4.69) is 10.3 Å². The number of nitrogens with zero attached hydrogens (tertiary/aromatic N) is 2. The summed E-state index contributed by atoms with van der Waals surface area (Å²) in [6, 6.07) is 5.30. The van der Waals surface area contributed by atoms with Crippen molar-refractivity contribution in [3.63, 3.8) is 0 Å². The van der Waals surface area contributed by atoms with Gasteiger partial charge < -0.3 is 19.9 Å². The van der Waals surface area contributed by atoms with Crippen LogP contribution in [0.1, 0.15) is 30.5 Å².